The van der Waals surface area contributed by atoms with Gasteiger partial charge in [0.1, 0.15) is 12.3 Å². The third-order valence-electron chi connectivity index (χ3n) is 1.95. The van der Waals surface area contributed by atoms with Crippen molar-refractivity contribution < 1.29 is 9.59 Å². The van der Waals surface area contributed by atoms with E-state index in [2.05, 4.69) is 0 Å². The third kappa shape index (κ3) is 1.77. The van der Waals surface area contributed by atoms with E-state index >= 15 is 0 Å². The first-order valence-corrected chi connectivity index (χ1v) is 3.74. The van der Waals surface area contributed by atoms with E-state index in [9.17, 15) is 9.59 Å². The van der Waals surface area contributed by atoms with Crippen LogP contribution in [0, 0.1) is 0 Å². The number of hydrogen-bond acceptors (Lipinski definition) is 3. The normalized spacial score (nSPS) is 21.5. The first kappa shape index (κ1) is 8.20. The van der Waals surface area contributed by atoms with Gasteiger partial charge in [-0.05, 0) is 25.9 Å². The van der Waals surface area contributed by atoms with Gasteiger partial charge in [-0.15, -0.1) is 0 Å². The minimum atomic E-state index is -0.697. The highest BCUT2D eigenvalue weighted by Gasteiger charge is 2.25. The molecule has 0 aliphatic carbocycles. The maximum atomic E-state index is 10.7. The van der Waals surface area contributed by atoms with Gasteiger partial charge in [0, 0.05) is 0 Å². The molecule has 1 amide bonds. The number of nitrogens with two attached hydrogens (primary N) is 1. The van der Waals surface area contributed by atoms with Crippen LogP contribution in [0.25, 0.3) is 0 Å². The van der Waals surface area contributed by atoms with E-state index in [-0.39, 0.29) is 0 Å². The van der Waals surface area contributed by atoms with Crippen LogP contribution in [0.15, 0.2) is 0 Å². The molecule has 0 aromatic heterocycles. The van der Waals surface area contributed by atoms with Crippen molar-refractivity contribution in [3.63, 3.8) is 0 Å². The lowest BCUT2D eigenvalue weighted by Crippen LogP contribution is -2.44. The van der Waals surface area contributed by atoms with Gasteiger partial charge in [0.25, 0.3) is 0 Å². The zero-order valence-corrected chi connectivity index (χ0v) is 6.32. The Morgan fingerprint density at radius 2 is 2.00 bits per heavy atom. The molecule has 62 valence electrons. The molecular formula is C7H12N2O2. The van der Waals surface area contributed by atoms with Crippen LogP contribution in [0.3, 0.4) is 0 Å². The molecule has 1 aliphatic rings. The Morgan fingerprint density at radius 3 is 2.36 bits per heavy atom. The standard InChI is InChI=1S/C7H12N2O2/c8-7(11)6(5-10)9-3-1-2-4-9/h5-6H,1-4H2,(H2,8,11). The van der Waals surface area contributed by atoms with E-state index in [4.69, 9.17) is 5.73 Å². The molecule has 0 aromatic carbocycles. The van der Waals surface area contributed by atoms with Gasteiger partial charge in [-0.25, -0.2) is 0 Å². The van der Waals surface area contributed by atoms with Crippen LogP contribution in [0.4, 0.5) is 0 Å². The van der Waals surface area contributed by atoms with Gasteiger partial charge < -0.3 is 10.5 Å². The number of rotatable bonds is 3. The summed E-state index contributed by atoms with van der Waals surface area (Å²) in [7, 11) is 0. The van der Waals surface area contributed by atoms with Crippen molar-refractivity contribution in [2.75, 3.05) is 13.1 Å². The summed E-state index contributed by atoms with van der Waals surface area (Å²) in [4.78, 5) is 22.9. The molecule has 1 saturated heterocycles. The number of carbonyl (C=O) groups is 2. The van der Waals surface area contributed by atoms with Crippen molar-refractivity contribution in [2.45, 2.75) is 18.9 Å². The van der Waals surface area contributed by atoms with Gasteiger partial charge >= 0.3 is 0 Å². The van der Waals surface area contributed by atoms with E-state index in [1.54, 1.807) is 0 Å². The lowest BCUT2D eigenvalue weighted by atomic mass is 10.3. The Morgan fingerprint density at radius 1 is 1.45 bits per heavy atom. The molecule has 1 unspecified atom stereocenters. The molecule has 0 aromatic rings. The van der Waals surface area contributed by atoms with Gasteiger partial charge in [-0.2, -0.15) is 0 Å². The Kier molecular flexibility index (Phi) is 2.59. The van der Waals surface area contributed by atoms with Crippen molar-refractivity contribution in [1.29, 1.82) is 0 Å². The highest BCUT2D eigenvalue weighted by atomic mass is 16.2. The second-order valence-corrected chi connectivity index (χ2v) is 2.73. The minimum absolute atomic E-state index is 0.540. The van der Waals surface area contributed by atoms with Crippen LogP contribution in [-0.2, 0) is 9.59 Å². The fourth-order valence-corrected chi connectivity index (χ4v) is 1.35. The largest absolute Gasteiger partial charge is 0.368 e. The van der Waals surface area contributed by atoms with Crippen molar-refractivity contribution in [2.24, 2.45) is 5.73 Å². The predicted molar refractivity (Wildman–Crippen MR) is 39.9 cm³/mol. The van der Waals surface area contributed by atoms with Gasteiger partial charge in [0.15, 0.2) is 0 Å². The summed E-state index contributed by atoms with van der Waals surface area (Å²) in [6.07, 6.45) is 2.73. The summed E-state index contributed by atoms with van der Waals surface area (Å²) in [5, 5.41) is 0. The van der Waals surface area contributed by atoms with E-state index < -0.39 is 11.9 Å². The molecule has 1 heterocycles. The second-order valence-electron chi connectivity index (χ2n) is 2.73. The van der Waals surface area contributed by atoms with Gasteiger partial charge in [-0.1, -0.05) is 0 Å². The summed E-state index contributed by atoms with van der Waals surface area (Å²) < 4.78 is 0. The van der Waals surface area contributed by atoms with E-state index in [1.165, 1.54) is 0 Å². The molecule has 0 spiro atoms. The van der Waals surface area contributed by atoms with Crippen LogP contribution in [-0.4, -0.2) is 36.2 Å². The molecule has 1 rings (SSSR count). The number of likely N-dealkylation sites (tertiary alicyclic amines) is 1. The van der Waals surface area contributed by atoms with Crippen molar-refractivity contribution in [3.8, 4) is 0 Å². The van der Waals surface area contributed by atoms with E-state index in [0.29, 0.717) is 6.29 Å². The molecular weight excluding hydrogens is 144 g/mol. The molecule has 2 N–H and O–H groups in total. The molecule has 4 nitrogen and oxygen atoms in total. The average Bonchev–Trinajstić information content (AvgIpc) is 2.40. The first-order chi connectivity index (χ1) is 5.25. The van der Waals surface area contributed by atoms with Crippen LogP contribution in [0.1, 0.15) is 12.8 Å². The van der Waals surface area contributed by atoms with Crippen molar-refractivity contribution in [1.82, 2.24) is 4.90 Å². The van der Waals surface area contributed by atoms with Crippen molar-refractivity contribution >= 4 is 12.2 Å². The second kappa shape index (κ2) is 3.48. The number of aldehydes is 1. The Hall–Kier alpha value is -0.900. The van der Waals surface area contributed by atoms with Crippen LogP contribution < -0.4 is 5.73 Å². The Labute approximate surface area is 65.3 Å². The first-order valence-electron chi connectivity index (χ1n) is 3.74. The highest BCUT2D eigenvalue weighted by Crippen LogP contribution is 2.09. The zero-order chi connectivity index (χ0) is 8.27. The molecule has 11 heavy (non-hydrogen) atoms. The van der Waals surface area contributed by atoms with Crippen LogP contribution in [0.2, 0.25) is 0 Å². The topological polar surface area (TPSA) is 63.4 Å². The zero-order valence-electron chi connectivity index (χ0n) is 6.32. The molecule has 1 fully saturated rings. The highest BCUT2D eigenvalue weighted by molar-refractivity contribution is 5.94. The smallest absolute Gasteiger partial charge is 0.242 e. The predicted octanol–water partition coefficient (Wildman–Crippen LogP) is -0.865. The molecule has 0 radical (unpaired) electrons. The number of carbonyl (C=O) groups excluding carboxylic acids is 2. The van der Waals surface area contributed by atoms with Gasteiger partial charge in [0.05, 0.1) is 0 Å². The number of hydrogen-bond donors (Lipinski definition) is 1. The monoisotopic (exact) mass is 156 g/mol. The average molecular weight is 156 g/mol. The lowest BCUT2D eigenvalue weighted by Gasteiger charge is -2.18. The third-order valence-corrected chi connectivity index (χ3v) is 1.95. The molecule has 0 bridgehead atoms. The number of nitrogens with zero attached hydrogens (tertiary/aromatic N) is 1. The fraction of sp³-hybridized carbons (Fsp3) is 0.714. The van der Waals surface area contributed by atoms with E-state index in [0.717, 1.165) is 25.9 Å². The fourth-order valence-electron chi connectivity index (χ4n) is 1.35. The molecule has 1 aliphatic heterocycles. The minimum Gasteiger partial charge on any atom is -0.368 e. The quantitative estimate of drug-likeness (QED) is 0.427. The maximum Gasteiger partial charge on any atom is 0.242 e. The van der Waals surface area contributed by atoms with E-state index in [1.807, 2.05) is 4.90 Å². The Bertz CT molecular complexity index is 164. The summed E-state index contributed by atoms with van der Waals surface area (Å²) in [5.41, 5.74) is 5.02. The van der Waals surface area contributed by atoms with Crippen LogP contribution >= 0.6 is 0 Å². The van der Waals surface area contributed by atoms with Gasteiger partial charge in [0.2, 0.25) is 5.91 Å². The molecule has 4 heteroatoms. The van der Waals surface area contributed by atoms with Gasteiger partial charge in [-0.3, -0.25) is 9.69 Å². The SMILES string of the molecule is NC(=O)C(C=O)N1CCCC1. The number of primary amides is 1. The summed E-state index contributed by atoms with van der Waals surface area (Å²) >= 11 is 0. The summed E-state index contributed by atoms with van der Waals surface area (Å²) in [5.74, 6) is -0.540. The summed E-state index contributed by atoms with van der Waals surface area (Å²) in [6, 6.07) is -0.697. The Balaban J connectivity index is 2.53. The van der Waals surface area contributed by atoms with Crippen LogP contribution in [0.5, 0.6) is 0 Å². The van der Waals surface area contributed by atoms with Crippen molar-refractivity contribution in [3.05, 3.63) is 0 Å². The summed E-state index contributed by atoms with van der Waals surface area (Å²) in [6.45, 7) is 1.62. The molecule has 0 saturated carbocycles. The number of amides is 1. The lowest BCUT2D eigenvalue weighted by molar-refractivity contribution is -0.127. The maximum absolute atomic E-state index is 10.7. The molecule has 1 atom stereocenters.